The largest absolute Gasteiger partial charge is 0.480 e. The molecule has 2 unspecified atom stereocenters. The molecule has 2 N–H and O–H groups in total. The molecule has 102 valence electrons. The van der Waals surface area contributed by atoms with Crippen molar-refractivity contribution < 1.29 is 24.5 Å². The first kappa shape index (κ1) is 13.3. The third kappa shape index (κ3) is 1.99. The van der Waals surface area contributed by atoms with Gasteiger partial charge in [0.15, 0.2) is 0 Å². The van der Waals surface area contributed by atoms with Crippen LogP contribution >= 0.6 is 0 Å². The lowest BCUT2D eigenvalue weighted by Gasteiger charge is -2.45. The lowest BCUT2D eigenvalue weighted by atomic mass is 9.67. The Morgan fingerprint density at radius 3 is 2.56 bits per heavy atom. The molecule has 0 aromatic rings. The number of aliphatic hydroxyl groups excluding tert-OH is 1. The molecule has 2 fully saturated rings. The van der Waals surface area contributed by atoms with Gasteiger partial charge in [0.25, 0.3) is 0 Å². The van der Waals surface area contributed by atoms with Crippen molar-refractivity contribution in [3.63, 3.8) is 0 Å². The van der Waals surface area contributed by atoms with Gasteiger partial charge in [-0.25, -0.2) is 0 Å². The van der Waals surface area contributed by atoms with Gasteiger partial charge in [0.05, 0.1) is 25.4 Å². The van der Waals surface area contributed by atoms with E-state index in [1.807, 2.05) is 6.92 Å². The fourth-order valence-electron chi connectivity index (χ4n) is 2.54. The molecule has 6 heteroatoms. The highest BCUT2D eigenvalue weighted by molar-refractivity contribution is 6.03. The molecule has 0 radical (unpaired) electrons. The van der Waals surface area contributed by atoms with Crippen LogP contribution in [0.1, 0.15) is 26.2 Å². The molecule has 1 heterocycles. The fraction of sp³-hybridized carbons (Fsp3) is 0.833. The van der Waals surface area contributed by atoms with E-state index in [0.29, 0.717) is 19.4 Å². The summed E-state index contributed by atoms with van der Waals surface area (Å²) in [6, 6.07) is -0.142. The van der Waals surface area contributed by atoms with E-state index in [0.717, 1.165) is 6.42 Å². The number of carbonyl (C=O) groups excluding carboxylic acids is 1. The number of hydrogen-bond acceptors (Lipinski definition) is 4. The fourth-order valence-corrected chi connectivity index (χ4v) is 2.54. The van der Waals surface area contributed by atoms with E-state index < -0.39 is 17.5 Å². The average molecular weight is 257 g/mol. The van der Waals surface area contributed by atoms with Gasteiger partial charge in [0.1, 0.15) is 5.41 Å². The van der Waals surface area contributed by atoms with E-state index in [4.69, 9.17) is 9.84 Å². The van der Waals surface area contributed by atoms with Crippen LogP contribution in [0.15, 0.2) is 0 Å². The van der Waals surface area contributed by atoms with E-state index >= 15 is 0 Å². The summed E-state index contributed by atoms with van der Waals surface area (Å²) in [6.07, 6.45) is 1.20. The topological polar surface area (TPSA) is 87.1 Å². The molecule has 6 nitrogen and oxygen atoms in total. The van der Waals surface area contributed by atoms with Crippen LogP contribution in [0.25, 0.3) is 0 Å². The minimum Gasteiger partial charge on any atom is -0.480 e. The second-order valence-corrected chi connectivity index (χ2v) is 5.19. The number of carboxylic acid groups (broad SMARTS) is 1. The molecule has 2 atom stereocenters. The van der Waals surface area contributed by atoms with Crippen LogP contribution < -0.4 is 0 Å². The average Bonchev–Trinajstić information content (AvgIpc) is 2.27. The van der Waals surface area contributed by atoms with Crippen LogP contribution in [0.5, 0.6) is 0 Å². The van der Waals surface area contributed by atoms with E-state index in [9.17, 15) is 14.7 Å². The molecule has 0 bridgehead atoms. The molecule has 1 aliphatic heterocycles. The first-order valence-corrected chi connectivity index (χ1v) is 6.28. The zero-order valence-electron chi connectivity index (χ0n) is 10.5. The Bertz CT molecular complexity index is 352. The van der Waals surface area contributed by atoms with E-state index in [-0.39, 0.29) is 25.1 Å². The number of nitrogens with zero attached hydrogens (tertiary/aromatic N) is 1. The Balaban J connectivity index is 2.13. The van der Waals surface area contributed by atoms with Gasteiger partial charge in [-0.05, 0) is 19.8 Å². The maximum absolute atomic E-state index is 12.4. The van der Waals surface area contributed by atoms with Gasteiger partial charge in [-0.2, -0.15) is 0 Å². The zero-order valence-corrected chi connectivity index (χ0v) is 10.5. The number of ether oxygens (including phenoxy) is 1. The summed E-state index contributed by atoms with van der Waals surface area (Å²) in [5.41, 5.74) is -1.23. The molecule has 2 rings (SSSR count). The standard InChI is InChI=1S/C12H19NO5/c1-8-7-18-9(6-14)5-13(8)10(15)12(11(16)17)3-2-4-12/h8-9,14H,2-7H2,1H3,(H,16,17). The van der Waals surface area contributed by atoms with Crippen molar-refractivity contribution in [2.75, 3.05) is 19.8 Å². The second kappa shape index (κ2) is 4.85. The van der Waals surface area contributed by atoms with E-state index in [1.54, 1.807) is 4.90 Å². The minimum absolute atomic E-state index is 0.142. The summed E-state index contributed by atoms with van der Waals surface area (Å²) in [6.45, 7) is 2.29. The first-order valence-electron chi connectivity index (χ1n) is 6.28. The van der Waals surface area contributed by atoms with E-state index in [2.05, 4.69) is 0 Å². The molecule has 1 saturated carbocycles. The maximum atomic E-state index is 12.4. The molecule has 1 amide bonds. The van der Waals surface area contributed by atoms with Crippen molar-refractivity contribution in [1.29, 1.82) is 0 Å². The lowest BCUT2D eigenvalue weighted by molar-refractivity contribution is -0.175. The quantitative estimate of drug-likeness (QED) is 0.687. The minimum atomic E-state index is -1.23. The van der Waals surface area contributed by atoms with E-state index in [1.165, 1.54) is 0 Å². The first-order chi connectivity index (χ1) is 8.51. The number of carbonyl (C=O) groups is 2. The molecule has 0 aromatic heterocycles. The summed E-state index contributed by atoms with van der Waals surface area (Å²) < 4.78 is 5.35. The van der Waals surface area contributed by atoms with Gasteiger partial charge in [0.2, 0.25) is 5.91 Å². The molecular weight excluding hydrogens is 238 g/mol. The van der Waals surface area contributed by atoms with Crippen LogP contribution in [0.2, 0.25) is 0 Å². The molecular formula is C12H19NO5. The van der Waals surface area contributed by atoms with Gasteiger partial charge in [-0.15, -0.1) is 0 Å². The number of amides is 1. The molecule has 0 spiro atoms. The number of aliphatic carboxylic acids is 1. The molecule has 1 saturated heterocycles. The molecule has 1 aliphatic carbocycles. The Kier molecular flexibility index (Phi) is 3.59. The van der Waals surface area contributed by atoms with Crippen molar-refractivity contribution in [2.24, 2.45) is 5.41 Å². The smallest absolute Gasteiger partial charge is 0.319 e. The predicted octanol–water partition coefficient (Wildman–Crippen LogP) is -0.151. The normalized spacial score (nSPS) is 30.7. The monoisotopic (exact) mass is 257 g/mol. The predicted molar refractivity (Wildman–Crippen MR) is 61.9 cm³/mol. The molecule has 2 aliphatic rings. The van der Waals surface area contributed by atoms with Gasteiger partial charge < -0.3 is 19.8 Å². The maximum Gasteiger partial charge on any atom is 0.319 e. The van der Waals surface area contributed by atoms with Crippen molar-refractivity contribution in [1.82, 2.24) is 4.90 Å². The number of hydrogen-bond donors (Lipinski definition) is 2. The van der Waals surface area contributed by atoms with Crippen LogP contribution in [0.3, 0.4) is 0 Å². The Morgan fingerprint density at radius 1 is 1.44 bits per heavy atom. The Morgan fingerprint density at radius 2 is 2.11 bits per heavy atom. The van der Waals surface area contributed by atoms with Gasteiger partial charge in [-0.1, -0.05) is 6.42 Å². The van der Waals surface area contributed by atoms with Crippen molar-refractivity contribution in [3.05, 3.63) is 0 Å². The van der Waals surface area contributed by atoms with Crippen LogP contribution in [-0.4, -0.2) is 58.9 Å². The van der Waals surface area contributed by atoms with Crippen LogP contribution in [-0.2, 0) is 14.3 Å². The Hall–Kier alpha value is -1.14. The molecule has 18 heavy (non-hydrogen) atoms. The van der Waals surface area contributed by atoms with Gasteiger partial charge >= 0.3 is 5.97 Å². The highest BCUT2D eigenvalue weighted by Crippen LogP contribution is 2.43. The zero-order chi connectivity index (χ0) is 13.3. The highest BCUT2D eigenvalue weighted by atomic mass is 16.5. The SMILES string of the molecule is CC1COC(CO)CN1C(=O)C1(C(=O)O)CCC1. The summed E-state index contributed by atoms with van der Waals surface area (Å²) in [7, 11) is 0. The molecule has 0 aromatic carbocycles. The number of rotatable bonds is 3. The number of morpholine rings is 1. The van der Waals surface area contributed by atoms with Crippen LogP contribution in [0.4, 0.5) is 0 Å². The second-order valence-electron chi connectivity index (χ2n) is 5.19. The summed E-state index contributed by atoms with van der Waals surface area (Å²) >= 11 is 0. The summed E-state index contributed by atoms with van der Waals surface area (Å²) in [5.74, 6) is -1.35. The Labute approximate surface area is 106 Å². The van der Waals surface area contributed by atoms with Gasteiger partial charge in [0, 0.05) is 6.54 Å². The van der Waals surface area contributed by atoms with Crippen molar-refractivity contribution in [3.8, 4) is 0 Å². The van der Waals surface area contributed by atoms with Crippen molar-refractivity contribution in [2.45, 2.75) is 38.3 Å². The summed E-state index contributed by atoms with van der Waals surface area (Å²) in [4.78, 5) is 25.3. The third-order valence-electron chi connectivity index (χ3n) is 4.00. The van der Waals surface area contributed by atoms with Crippen molar-refractivity contribution >= 4 is 11.9 Å². The number of aliphatic hydroxyl groups is 1. The third-order valence-corrected chi connectivity index (χ3v) is 4.00. The highest BCUT2D eigenvalue weighted by Gasteiger charge is 2.54. The van der Waals surface area contributed by atoms with Crippen LogP contribution in [0, 0.1) is 5.41 Å². The van der Waals surface area contributed by atoms with Gasteiger partial charge in [-0.3, -0.25) is 9.59 Å². The number of carboxylic acids is 1. The summed E-state index contributed by atoms with van der Waals surface area (Å²) in [5, 5.41) is 18.3. The lowest BCUT2D eigenvalue weighted by Crippen LogP contribution is -2.59.